The van der Waals surface area contributed by atoms with Crippen molar-refractivity contribution in [2.24, 2.45) is 5.92 Å². The Kier molecular flexibility index (Phi) is 8.81. The van der Waals surface area contributed by atoms with Crippen LogP contribution in [-0.4, -0.2) is 29.3 Å². The van der Waals surface area contributed by atoms with Crippen molar-refractivity contribution in [3.05, 3.63) is 68.7 Å². The highest BCUT2D eigenvalue weighted by Crippen LogP contribution is 2.23. The standard InChI is InChI=1S/C22H25Cl3N2O2/c1-14(2)12-26-22(29)15(3)27(13-16-4-7-18(23)8-5-16)21(28)10-17-6-9-19(24)11-20(17)25/h4-9,11,14-15H,10,12-13H2,1-3H3,(H,26,29). The molecule has 0 aliphatic rings. The molecule has 0 bridgehead atoms. The van der Waals surface area contributed by atoms with Crippen LogP contribution in [0.15, 0.2) is 42.5 Å². The van der Waals surface area contributed by atoms with Crippen LogP contribution in [0.1, 0.15) is 31.9 Å². The average Bonchev–Trinajstić information content (AvgIpc) is 2.67. The first-order valence-corrected chi connectivity index (χ1v) is 10.6. The number of nitrogens with one attached hydrogen (secondary N) is 1. The number of rotatable bonds is 8. The van der Waals surface area contributed by atoms with Gasteiger partial charge in [0.05, 0.1) is 6.42 Å². The van der Waals surface area contributed by atoms with E-state index in [9.17, 15) is 9.59 Å². The van der Waals surface area contributed by atoms with Crippen molar-refractivity contribution in [2.45, 2.75) is 39.8 Å². The molecule has 0 aliphatic heterocycles. The molecule has 29 heavy (non-hydrogen) atoms. The molecule has 0 saturated heterocycles. The lowest BCUT2D eigenvalue weighted by Gasteiger charge is -2.29. The van der Waals surface area contributed by atoms with Gasteiger partial charge in [0.15, 0.2) is 0 Å². The van der Waals surface area contributed by atoms with E-state index in [4.69, 9.17) is 34.8 Å². The summed E-state index contributed by atoms with van der Waals surface area (Å²) >= 11 is 18.1. The normalized spacial score (nSPS) is 12.0. The van der Waals surface area contributed by atoms with E-state index < -0.39 is 6.04 Å². The minimum Gasteiger partial charge on any atom is -0.354 e. The lowest BCUT2D eigenvalue weighted by molar-refractivity contribution is -0.140. The molecule has 0 aliphatic carbocycles. The summed E-state index contributed by atoms with van der Waals surface area (Å²) in [6, 6.07) is 11.6. The number of amides is 2. The predicted octanol–water partition coefficient (Wildman–Crippen LogP) is 5.38. The highest BCUT2D eigenvalue weighted by molar-refractivity contribution is 6.35. The molecule has 0 heterocycles. The zero-order valence-electron chi connectivity index (χ0n) is 16.7. The van der Waals surface area contributed by atoms with E-state index in [0.717, 1.165) is 5.56 Å². The number of carbonyl (C=O) groups excluding carboxylic acids is 2. The summed E-state index contributed by atoms with van der Waals surface area (Å²) in [5, 5.41) is 4.44. The fourth-order valence-electron chi connectivity index (χ4n) is 2.75. The minimum atomic E-state index is -0.636. The van der Waals surface area contributed by atoms with Gasteiger partial charge in [-0.3, -0.25) is 9.59 Å². The van der Waals surface area contributed by atoms with Gasteiger partial charge in [-0.1, -0.05) is 66.8 Å². The fourth-order valence-corrected chi connectivity index (χ4v) is 3.35. The summed E-state index contributed by atoms with van der Waals surface area (Å²) in [4.78, 5) is 27.3. The summed E-state index contributed by atoms with van der Waals surface area (Å²) in [5.74, 6) is -0.0703. The van der Waals surface area contributed by atoms with E-state index in [1.54, 1.807) is 42.2 Å². The topological polar surface area (TPSA) is 49.4 Å². The Hall–Kier alpha value is -1.75. The van der Waals surface area contributed by atoms with Crippen molar-refractivity contribution < 1.29 is 9.59 Å². The third kappa shape index (κ3) is 7.22. The highest BCUT2D eigenvalue weighted by Gasteiger charge is 2.26. The van der Waals surface area contributed by atoms with Crippen LogP contribution in [0.25, 0.3) is 0 Å². The first kappa shape index (κ1) is 23.5. The van der Waals surface area contributed by atoms with Gasteiger partial charge < -0.3 is 10.2 Å². The Balaban J connectivity index is 2.23. The van der Waals surface area contributed by atoms with Gasteiger partial charge in [0, 0.05) is 28.2 Å². The molecule has 2 rings (SSSR count). The molecular formula is C22H25Cl3N2O2. The first-order chi connectivity index (χ1) is 13.7. The van der Waals surface area contributed by atoms with Crippen molar-refractivity contribution >= 4 is 46.6 Å². The number of benzene rings is 2. The SMILES string of the molecule is CC(C)CNC(=O)C(C)N(Cc1ccc(Cl)cc1)C(=O)Cc1ccc(Cl)cc1Cl. The van der Waals surface area contributed by atoms with Crippen molar-refractivity contribution in [3.8, 4) is 0 Å². The fraction of sp³-hybridized carbons (Fsp3) is 0.364. The molecule has 2 amide bonds. The van der Waals surface area contributed by atoms with E-state index in [1.807, 2.05) is 26.0 Å². The second kappa shape index (κ2) is 10.9. The molecule has 156 valence electrons. The maximum absolute atomic E-state index is 13.1. The first-order valence-electron chi connectivity index (χ1n) is 9.43. The van der Waals surface area contributed by atoms with Crippen molar-refractivity contribution in [1.82, 2.24) is 10.2 Å². The lowest BCUT2D eigenvalue weighted by Crippen LogP contribution is -2.48. The average molecular weight is 456 g/mol. The van der Waals surface area contributed by atoms with Gasteiger partial charge in [0.1, 0.15) is 6.04 Å². The Morgan fingerprint density at radius 3 is 2.17 bits per heavy atom. The zero-order chi connectivity index (χ0) is 21.6. The van der Waals surface area contributed by atoms with Crippen LogP contribution in [0.2, 0.25) is 15.1 Å². The Morgan fingerprint density at radius 2 is 1.59 bits per heavy atom. The van der Waals surface area contributed by atoms with Crippen LogP contribution in [0, 0.1) is 5.92 Å². The van der Waals surface area contributed by atoms with Crippen molar-refractivity contribution in [1.29, 1.82) is 0 Å². The van der Waals surface area contributed by atoms with Crippen LogP contribution < -0.4 is 5.32 Å². The van der Waals surface area contributed by atoms with Crippen molar-refractivity contribution in [3.63, 3.8) is 0 Å². The van der Waals surface area contributed by atoms with E-state index in [1.165, 1.54) is 0 Å². The van der Waals surface area contributed by atoms with Crippen LogP contribution >= 0.6 is 34.8 Å². The van der Waals surface area contributed by atoms with Gasteiger partial charge in [0.25, 0.3) is 0 Å². The molecule has 7 heteroatoms. The van der Waals surface area contributed by atoms with Gasteiger partial charge in [-0.05, 0) is 48.2 Å². The summed E-state index contributed by atoms with van der Waals surface area (Å²) in [6.07, 6.45) is 0.0748. The van der Waals surface area contributed by atoms with E-state index in [2.05, 4.69) is 5.32 Å². The third-order valence-electron chi connectivity index (χ3n) is 4.47. The Morgan fingerprint density at radius 1 is 0.966 bits per heavy atom. The van der Waals surface area contributed by atoms with Crippen LogP contribution in [0.4, 0.5) is 0 Å². The second-order valence-corrected chi connectivity index (χ2v) is 8.66. The van der Waals surface area contributed by atoms with Crippen LogP contribution in [0.3, 0.4) is 0 Å². The molecule has 0 fully saturated rings. The highest BCUT2D eigenvalue weighted by atomic mass is 35.5. The molecule has 1 unspecified atom stereocenters. The largest absolute Gasteiger partial charge is 0.354 e. The minimum absolute atomic E-state index is 0.0748. The lowest BCUT2D eigenvalue weighted by atomic mass is 10.1. The predicted molar refractivity (Wildman–Crippen MR) is 119 cm³/mol. The summed E-state index contributed by atoms with van der Waals surface area (Å²) < 4.78 is 0. The molecule has 2 aromatic carbocycles. The van der Waals surface area contributed by atoms with Crippen molar-refractivity contribution in [2.75, 3.05) is 6.54 Å². The Bertz CT molecular complexity index is 854. The number of carbonyl (C=O) groups is 2. The van der Waals surface area contributed by atoms with Crippen LogP contribution in [0.5, 0.6) is 0 Å². The van der Waals surface area contributed by atoms with Gasteiger partial charge in [-0.25, -0.2) is 0 Å². The van der Waals surface area contributed by atoms with Gasteiger partial charge >= 0.3 is 0 Å². The molecule has 1 N–H and O–H groups in total. The quantitative estimate of drug-likeness (QED) is 0.581. The molecular weight excluding hydrogens is 431 g/mol. The van der Waals surface area contributed by atoms with Gasteiger partial charge in [0.2, 0.25) is 11.8 Å². The molecule has 0 saturated carbocycles. The third-order valence-corrected chi connectivity index (χ3v) is 5.31. The molecule has 4 nitrogen and oxygen atoms in total. The number of nitrogens with zero attached hydrogens (tertiary/aromatic N) is 1. The molecule has 1 atom stereocenters. The molecule has 2 aromatic rings. The number of hydrogen-bond donors (Lipinski definition) is 1. The van der Waals surface area contributed by atoms with Crippen LogP contribution in [-0.2, 0) is 22.6 Å². The maximum Gasteiger partial charge on any atom is 0.242 e. The van der Waals surface area contributed by atoms with Gasteiger partial charge in [-0.15, -0.1) is 0 Å². The monoisotopic (exact) mass is 454 g/mol. The smallest absolute Gasteiger partial charge is 0.242 e. The molecule has 0 radical (unpaired) electrons. The van der Waals surface area contributed by atoms with E-state index in [0.29, 0.717) is 33.1 Å². The summed E-state index contributed by atoms with van der Waals surface area (Å²) in [5.41, 5.74) is 1.55. The number of halogens is 3. The van der Waals surface area contributed by atoms with E-state index >= 15 is 0 Å². The van der Waals surface area contributed by atoms with Gasteiger partial charge in [-0.2, -0.15) is 0 Å². The van der Waals surface area contributed by atoms with E-state index in [-0.39, 0.29) is 24.8 Å². The molecule has 0 spiro atoms. The Labute approximate surface area is 187 Å². The summed E-state index contributed by atoms with van der Waals surface area (Å²) in [7, 11) is 0. The molecule has 0 aromatic heterocycles. The zero-order valence-corrected chi connectivity index (χ0v) is 19.0. The summed E-state index contributed by atoms with van der Waals surface area (Å²) in [6.45, 7) is 6.60. The number of hydrogen-bond acceptors (Lipinski definition) is 2. The second-order valence-electron chi connectivity index (χ2n) is 7.38. The maximum atomic E-state index is 13.1.